The third-order valence-electron chi connectivity index (χ3n) is 4.64. The van der Waals surface area contributed by atoms with Crippen LogP contribution in [0, 0.1) is 6.92 Å². The van der Waals surface area contributed by atoms with Gasteiger partial charge in [-0.2, -0.15) is 0 Å². The van der Waals surface area contributed by atoms with E-state index in [1.807, 2.05) is 61.5 Å². The molecule has 0 atom stereocenters. The second kappa shape index (κ2) is 9.08. The number of nitrogens with zero attached hydrogens (tertiary/aromatic N) is 1. The summed E-state index contributed by atoms with van der Waals surface area (Å²) in [6.45, 7) is 3.18. The summed E-state index contributed by atoms with van der Waals surface area (Å²) in [6.07, 6.45) is 0. The van der Waals surface area contributed by atoms with E-state index in [0.29, 0.717) is 29.9 Å². The molecule has 2 N–H and O–H groups in total. The number of ether oxygens (including phenoxy) is 2. The number of hydrogen-bond acceptors (Lipinski definition) is 4. The number of aryl methyl sites for hydroxylation is 1. The van der Waals surface area contributed by atoms with Gasteiger partial charge in [0.15, 0.2) is 0 Å². The van der Waals surface area contributed by atoms with Crippen molar-refractivity contribution in [3.05, 3.63) is 91.8 Å². The Morgan fingerprint density at radius 2 is 1.75 bits per heavy atom. The second-order valence-electron chi connectivity index (χ2n) is 6.46. The smallest absolute Gasteiger partial charge is 0.269 e. The Morgan fingerprint density at radius 3 is 2.39 bits per heavy atom. The van der Waals surface area contributed by atoms with E-state index in [-0.39, 0.29) is 5.56 Å². The van der Waals surface area contributed by atoms with Crippen LogP contribution in [0.4, 0.5) is 0 Å². The van der Waals surface area contributed by atoms with E-state index in [9.17, 15) is 4.79 Å². The van der Waals surface area contributed by atoms with E-state index < -0.39 is 0 Å². The summed E-state index contributed by atoms with van der Waals surface area (Å²) in [4.78, 5) is 12.9. The van der Waals surface area contributed by atoms with Crippen molar-refractivity contribution in [1.82, 2.24) is 4.57 Å². The fraction of sp³-hybridized carbons (Fsp3) is 0.227. The highest BCUT2D eigenvalue weighted by atomic mass is 79.9. The normalized spacial score (nSPS) is 10.7. The summed E-state index contributed by atoms with van der Waals surface area (Å²) < 4.78 is 13.2. The maximum absolute atomic E-state index is 12.9. The van der Waals surface area contributed by atoms with Crippen molar-refractivity contribution >= 4 is 15.9 Å². The summed E-state index contributed by atoms with van der Waals surface area (Å²) >= 11 is 3.41. The van der Waals surface area contributed by atoms with Gasteiger partial charge < -0.3 is 19.8 Å². The molecule has 0 spiro atoms. The molecule has 0 amide bonds. The number of methoxy groups -OCH3 is 1. The average molecular weight is 443 g/mol. The third kappa shape index (κ3) is 4.46. The number of pyridine rings is 1. The molecule has 1 aromatic heterocycles. The van der Waals surface area contributed by atoms with E-state index in [0.717, 1.165) is 28.1 Å². The molecule has 0 aliphatic rings. The van der Waals surface area contributed by atoms with E-state index >= 15 is 0 Å². The van der Waals surface area contributed by atoms with Crippen molar-refractivity contribution in [2.75, 3.05) is 7.11 Å². The fourth-order valence-electron chi connectivity index (χ4n) is 2.98. The maximum Gasteiger partial charge on any atom is 0.269 e. The molecule has 0 aliphatic heterocycles. The number of hydrogen-bond donors (Lipinski definition) is 1. The van der Waals surface area contributed by atoms with Gasteiger partial charge in [-0.25, -0.2) is 0 Å². The molecular formula is C22H23BrN2O3. The zero-order valence-corrected chi connectivity index (χ0v) is 17.5. The first-order valence-corrected chi connectivity index (χ1v) is 9.75. The summed E-state index contributed by atoms with van der Waals surface area (Å²) in [6, 6.07) is 17.4. The van der Waals surface area contributed by atoms with Crippen molar-refractivity contribution < 1.29 is 9.47 Å². The number of benzene rings is 2. The zero-order valence-electron chi connectivity index (χ0n) is 15.9. The molecule has 3 rings (SSSR count). The van der Waals surface area contributed by atoms with Crippen molar-refractivity contribution in [3.63, 3.8) is 0 Å². The predicted molar refractivity (Wildman–Crippen MR) is 114 cm³/mol. The van der Waals surface area contributed by atoms with Crippen LogP contribution in [0.15, 0.2) is 63.9 Å². The van der Waals surface area contributed by atoms with Crippen LogP contribution in [-0.4, -0.2) is 11.7 Å². The Labute approximate surface area is 172 Å². The van der Waals surface area contributed by atoms with Crippen LogP contribution in [0.2, 0.25) is 0 Å². The standard InChI is InChI=1S/C22H23BrN2O3/c1-15-11-20(28-14-18-6-4-3-5-17(18)12-24)21(23)22(26)25(15)13-16-7-9-19(27-2)10-8-16/h3-11H,12-14,24H2,1-2H3. The molecule has 1 heterocycles. The third-order valence-corrected chi connectivity index (χ3v) is 5.37. The molecule has 146 valence electrons. The summed E-state index contributed by atoms with van der Waals surface area (Å²) in [7, 11) is 1.63. The van der Waals surface area contributed by atoms with Gasteiger partial charge in [-0.3, -0.25) is 4.79 Å². The first-order valence-electron chi connectivity index (χ1n) is 8.96. The summed E-state index contributed by atoms with van der Waals surface area (Å²) in [5, 5.41) is 0. The van der Waals surface area contributed by atoms with Crippen LogP contribution >= 0.6 is 15.9 Å². The molecular weight excluding hydrogens is 420 g/mol. The van der Waals surface area contributed by atoms with Gasteiger partial charge in [0.05, 0.1) is 13.7 Å². The highest BCUT2D eigenvalue weighted by molar-refractivity contribution is 9.10. The molecule has 0 fully saturated rings. The molecule has 3 aromatic rings. The second-order valence-corrected chi connectivity index (χ2v) is 7.26. The van der Waals surface area contributed by atoms with Crippen molar-refractivity contribution in [3.8, 4) is 11.5 Å². The zero-order chi connectivity index (χ0) is 20.1. The lowest BCUT2D eigenvalue weighted by Crippen LogP contribution is -2.24. The number of aromatic nitrogens is 1. The van der Waals surface area contributed by atoms with Gasteiger partial charge in [-0.1, -0.05) is 36.4 Å². The van der Waals surface area contributed by atoms with Gasteiger partial charge in [0, 0.05) is 18.3 Å². The number of nitrogens with two attached hydrogens (primary N) is 1. The highest BCUT2D eigenvalue weighted by Crippen LogP contribution is 2.24. The van der Waals surface area contributed by atoms with Crippen molar-refractivity contribution in [2.45, 2.75) is 26.6 Å². The molecule has 0 saturated heterocycles. The Balaban J connectivity index is 1.82. The minimum absolute atomic E-state index is 0.127. The molecule has 0 saturated carbocycles. The summed E-state index contributed by atoms with van der Waals surface area (Å²) in [5.41, 5.74) is 9.54. The SMILES string of the molecule is COc1ccc(Cn2c(C)cc(OCc3ccccc3CN)c(Br)c2=O)cc1. The van der Waals surface area contributed by atoms with E-state index in [1.54, 1.807) is 11.7 Å². The fourth-order valence-corrected chi connectivity index (χ4v) is 3.43. The van der Waals surface area contributed by atoms with Gasteiger partial charge in [-0.15, -0.1) is 0 Å². The van der Waals surface area contributed by atoms with Crippen LogP contribution in [-0.2, 0) is 19.7 Å². The topological polar surface area (TPSA) is 66.5 Å². The van der Waals surface area contributed by atoms with Gasteiger partial charge in [0.2, 0.25) is 0 Å². The highest BCUT2D eigenvalue weighted by Gasteiger charge is 2.13. The quantitative estimate of drug-likeness (QED) is 0.599. The molecule has 2 aromatic carbocycles. The molecule has 0 aliphatic carbocycles. The lowest BCUT2D eigenvalue weighted by molar-refractivity contribution is 0.301. The lowest BCUT2D eigenvalue weighted by atomic mass is 10.1. The number of rotatable bonds is 7. The van der Waals surface area contributed by atoms with E-state index in [4.69, 9.17) is 15.2 Å². The van der Waals surface area contributed by atoms with Crippen molar-refractivity contribution in [2.24, 2.45) is 5.73 Å². The first-order chi connectivity index (χ1) is 13.5. The van der Waals surface area contributed by atoms with E-state index in [2.05, 4.69) is 15.9 Å². The molecule has 6 heteroatoms. The minimum atomic E-state index is -0.127. The van der Waals surface area contributed by atoms with E-state index in [1.165, 1.54) is 0 Å². The molecule has 0 unspecified atom stereocenters. The Bertz CT molecular complexity index is 1010. The Kier molecular flexibility index (Phi) is 6.54. The molecule has 0 bridgehead atoms. The maximum atomic E-state index is 12.9. The Hall–Kier alpha value is -2.57. The van der Waals surface area contributed by atoms with Crippen LogP contribution < -0.4 is 20.8 Å². The van der Waals surface area contributed by atoms with Crippen LogP contribution in [0.3, 0.4) is 0 Å². The molecule has 28 heavy (non-hydrogen) atoms. The van der Waals surface area contributed by atoms with Gasteiger partial charge in [0.1, 0.15) is 22.6 Å². The van der Waals surface area contributed by atoms with Crippen LogP contribution in [0.1, 0.15) is 22.4 Å². The first kappa shape index (κ1) is 20.2. The van der Waals surface area contributed by atoms with Gasteiger partial charge in [0.25, 0.3) is 5.56 Å². The van der Waals surface area contributed by atoms with Crippen LogP contribution in [0.5, 0.6) is 11.5 Å². The average Bonchev–Trinajstić information content (AvgIpc) is 2.73. The Morgan fingerprint density at radius 1 is 1.07 bits per heavy atom. The summed E-state index contributed by atoms with van der Waals surface area (Å²) in [5.74, 6) is 1.32. The van der Waals surface area contributed by atoms with Gasteiger partial charge >= 0.3 is 0 Å². The predicted octanol–water partition coefficient (Wildman–Crippen LogP) is 4.01. The largest absolute Gasteiger partial charge is 0.497 e. The molecule has 5 nitrogen and oxygen atoms in total. The minimum Gasteiger partial charge on any atom is -0.497 e. The van der Waals surface area contributed by atoms with Crippen molar-refractivity contribution in [1.29, 1.82) is 0 Å². The lowest BCUT2D eigenvalue weighted by Gasteiger charge is -2.15. The van der Waals surface area contributed by atoms with Gasteiger partial charge in [-0.05, 0) is 51.7 Å². The molecule has 0 radical (unpaired) electrons. The monoisotopic (exact) mass is 442 g/mol. The number of halogens is 1. The van der Waals surface area contributed by atoms with Crippen LogP contribution in [0.25, 0.3) is 0 Å².